The van der Waals surface area contributed by atoms with E-state index in [0.29, 0.717) is 6.42 Å². The van der Waals surface area contributed by atoms with E-state index in [0.717, 1.165) is 43.8 Å². The van der Waals surface area contributed by atoms with Crippen molar-refractivity contribution in [2.75, 3.05) is 23.6 Å². The fraction of sp³-hybridized carbons (Fsp3) is 0.538. The molecule has 0 bridgehead atoms. The highest BCUT2D eigenvalue weighted by atomic mass is 32.2. The maximum Gasteiger partial charge on any atom is 0.416 e. The monoisotopic (exact) mass is 324 g/mol. The zero-order valence-corrected chi connectivity index (χ0v) is 12.5. The lowest BCUT2D eigenvalue weighted by atomic mass is 10.2. The van der Waals surface area contributed by atoms with Gasteiger partial charge in [0.1, 0.15) is 0 Å². The molecule has 1 rings (SSSR count). The standard InChI is InChI=1S/C13H19F3N2O2S/c1-2-17-9-3-4-10-21(19,20)18-12-7-5-11(6-8-12)13(14,15)16/h5-8,17-18H,2-4,9-10H2,1H3. The molecular weight excluding hydrogens is 305 g/mol. The number of nitrogens with one attached hydrogen (secondary N) is 2. The van der Waals surface area contributed by atoms with Gasteiger partial charge in [0.05, 0.1) is 11.3 Å². The number of hydrogen-bond donors (Lipinski definition) is 2. The number of alkyl halides is 3. The summed E-state index contributed by atoms with van der Waals surface area (Å²) in [5.41, 5.74) is -0.675. The Kier molecular flexibility index (Phi) is 6.47. The summed E-state index contributed by atoms with van der Waals surface area (Å²) in [5, 5.41) is 3.08. The van der Waals surface area contributed by atoms with Gasteiger partial charge in [0.2, 0.25) is 10.0 Å². The lowest BCUT2D eigenvalue weighted by Gasteiger charge is -2.10. The van der Waals surface area contributed by atoms with Crippen LogP contribution in [-0.2, 0) is 16.2 Å². The summed E-state index contributed by atoms with van der Waals surface area (Å²) in [5.74, 6) is -0.0561. The maximum absolute atomic E-state index is 12.4. The van der Waals surface area contributed by atoms with E-state index in [1.165, 1.54) is 0 Å². The van der Waals surface area contributed by atoms with Crippen LogP contribution in [0.3, 0.4) is 0 Å². The summed E-state index contributed by atoms with van der Waals surface area (Å²) in [6.45, 7) is 3.53. The normalized spacial score (nSPS) is 12.4. The molecule has 1 aromatic carbocycles. The second-order valence-corrected chi connectivity index (χ2v) is 6.40. The number of rotatable bonds is 8. The molecule has 8 heteroatoms. The van der Waals surface area contributed by atoms with Crippen molar-refractivity contribution in [3.63, 3.8) is 0 Å². The molecule has 0 unspecified atom stereocenters. The van der Waals surface area contributed by atoms with Crippen LogP contribution in [0, 0.1) is 0 Å². The van der Waals surface area contributed by atoms with E-state index in [1.54, 1.807) is 0 Å². The molecule has 120 valence electrons. The van der Waals surface area contributed by atoms with Gasteiger partial charge < -0.3 is 5.32 Å². The van der Waals surface area contributed by atoms with Gasteiger partial charge >= 0.3 is 6.18 Å². The molecule has 4 nitrogen and oxygen atoms in total. The summed E-state index contributed by atoms with van der Waals surface area (Å²) >= 11 is 0. The minimum Gasteiger partial charge on any atom is -0.317 e. The van der Waals surface area contributed by atoms with E-state index < -0.39 is 21.8 Å². The first kappa shape index (κ1) is 17.8. The highest BCUT2D eigenvalue weighted by molar-refractivity contribution is 7.92. The first-order chi connectivity index (χ1) is 9.74. The lowest BCUT2D eigenvalue weighted by molar-refractivity contribution is -0.137. The van der Waals surface area contributed by atoms with Gasteiger partial charge in [-0.1, -0.05) is 6.92 Å². The Balaban J connectivity index is 2.51. The zero-order chi connectivity index (χ0) is 15.9. The van der Waals surface area contributed by atoms with Gasteiger partial charge in [0.15, 0.2) is 0 Å². The Morgan fingerprint density at radius 1 is 1.10 bits per heavy atom. The molecule has 0 aromatic heterocycles. The van der Waals surface area contributed by atoms with Crippen molar-refractivity contribution < 1.29 is 21.6 Å². The zero-order valence-electron chi connectivity index (χ0n) is 11.7. The minimum absolute atomic E-state index is 0.0561. The van der Waals surface area contributed by atoms with Crippen molar-refractivity contribution in [3.05, 3.63) is 29.8 Å². The van der Waals surface area contributed by atoms with E-state index in [2.05, 4.69) is 10.0 Å². The highest BCUT2D eigenvalue weighted by Crippen LogP contribution is 2.29. The summed E-state index contributed by atoms with van der Waals surface area (Å²) < 4.78 is 62.9. The molecule has 0 atom stereocenters. The smallest absolute Gasteiger partial charge is 0.317 e. The molecule has 0 spiro atoms. The second kappa shape index (κ2) is 7.65. The molecule has 0 aliphatic rings. The van der Waals surface area contributed by atoms with Crippen molar-refractivity contribution in [1.29, 1.82) is 0 Å². The molecule has 0 amide bonds. The van der Waals surface area contributed by atoms with Crippen LogP contribution in [0.25, 0.3) is 0 Å². The predicted octanol–water partition coefficient (Wildman–Crippen LogP) is 2.84. The SMILES string of the molecule is CCNCCCCS(=O)(=O)Nc1ccc(C(F)(F)F)cc1. The number of sulfonamides is 1. The number of halogens is 3. The molecule has 0 saturated heterocycles. The minimum atomic E-state index is -4.43. The van der Waals surface area contributed by atoms with Gasteiger partial charge in [-0.25, -0.2) is 8.42 Å². The van der Waals surface area contributed by atoms with E-state index in [-0.39, 0.29) is 11.4 Å². The van der Waals surface area contributed by atoms with Crippen LogP contribution in [0.1, 0.15) is 25.3 Å². The molecule has 0 aliphatic heterocycles. The number of benzene rings is 1. The quantitative estimate of drug-likeness (QED) is 0.723. The van der Waals surface area contributed by atoms with E-state index in [9.17, 15) is 21.6 Å². The molecule has 0 heterocycles. The summed E-state index contributed by atoms with van der Waals surface area (Å²) in [6, 6.07) is 3.92. The van der Waals surface area contributed by atoms with Gasteiger partial charge in [-0.2, -0.15) is 13.2 Å². The van der Waals surface area contributed by atoms with E-state index in [4.69, 9.17) is 0 Å². The molecule has 0 radical (unpaired) electrons. The first-order valence-corrected chi connectivity index (χ1v) is 8.28. The number of unbranched alkanes of at least 4 members (excludes halogenated alkanes) is 1. The van der Waals surface area contributed by atoms with Crippen LogP contribution in [0.15, 0.2) is 24.3 Å². The Hall–Kier alpha value is -1.28. The largest absolute Gasteiger partial charge is 0.416 e. The Morgan fingerprint density at radius 2 is 1.71 bits per heavy atom. The van der Waals surface area contributed by atoms with Gasteiger partial charge in [-0.05, 0) is 50.2 Å². The van der Waals surface area contributed by atoms with Crippen molar-refractivity contribution in [3.8, 4) is 0 Å². The summed E-state index contributed by atoms with van der Waals surface area (Å²) in [7, 11) is -3.53. The van der Waals surface area contributed by atoms with Crippen LogP contribution in [0.5, 0.6) is 0 Å². The fourth-order valence-corrected chi connectivity index (χ4v) is 2.86. The van der Waals surface area contributed by atoms with Crippen LogP contribution >= 0.6 is 0 Å². The number of anilines is 1. The van der Waals surface area contributed by atoms with Crippen LogP contribution in [-0.4, -0.2) is 27.3 Å². The van der Waals surface area contributed by atoms with Gasteiger partial charge in [-0.15, -0.1) is 0 Å². The average Bonchev–Trinajstić information content (AvgIpc) is 2.37. The topological polar surface area (TPSA) is 58.2 Å². The molecule has 0 fully saturated rings. The molecule has 0 saturated carbocycles. The fourth-order valence-electron chi connectivity index (χ4n) is 1.68. The van der Waals surface area contributed by atoms with E-state index in [1.807, 2.05) is 6.92 Å². The Bertz CT molecular complexity index is 527. The molecular formula is C13H19F3N2O2S. The first-order valence-electron chi connectivity index (χ1n) is 6.63. The summed E-state index contributed by atoms with van der Waals surface area (Å²) in [6.07, 6.45) is -3.21. The highest BCUT2D eigenvalue weighted by Gasteiger charge is 2.30. The third-order valence-electron chi connectivity index (χ3n) is 2.75. The summed E-state index contributed by atoms with van der Waals surface area (Å²) in [4.78, 5) is 0. The Labute approximate surface area is 122 Å². The van der Waals surface area contributed by atoms with Crippen LogP contribution < -0.4 is 10.0 Å². The van der Waals surface area contributed by atoms with Crippen molar-refractivity contribution >= 4 is 15.7 Å². The van der Waals surface area contributed by atoms with E-state index >= 15 is 0 Å². The van der Waals surface area contributed by atoms with Gasteiger partial charge in [-0.3, -0.25) is 4.72 Å². The average molecular weight is 324 g/mol. The molecule has 1 aromatic rings. The third kappa shape index (κ3) is 6.81. The third-order valence-corrected chi connectivity index (χ3v) is 4.13. The van der Waals surface area contributed by atoms with Crippen molar-refractivity contribution in [2.24, 2.45) is 0 Å². The van der Waals surface area contributed by atoms with Gasteiger partial charge in [0.25, 0.3) is 0 Å². The lowest BCUT2D eigenvalue weighted by Crippen LogP contribution is -2.19. The van der Waals surface area contributed by atoms with Crippen molar-refractivity contribution in [2.45, 2.75) is 25.9 Å². The van der Waals surface area contributed by atoms with Gasteiger partial charge in [0, 0.05) is 5.69 Å². The Morgan fingerprint density at radius 3 is 2.24 bits per heavy atom. The predicted molar refractivity (Wildman–Crippen MR) is 76.6 cm³/mol. The van der Waals surface area contributed by atoms with Crippen molar-refractivity contribution in [1.82, 2.24) is 5.32 Å². The molecule has 21 heavy (non-hydrogen) atoms. The number of hydrogen-bond acceptors (Lipinski definition) is 3. The second-order valence-electron chi connectivity index (χ2n) is 4.56. The maximum atomic E-state index is 12.4. The molecule has 0 aliphatic carbocycles. The van der Waals surface area contributed by atoms with Crippen LogP contribution in [0.2, 0.25) is 0 Å². The molecule has 2 N–H and O–H groups in total. The van der Waals surface area contributed by atoms with Crippen LogP contribution in [0.4, 0.5) is 18.9 Å².